The van der Waals surface area contributed by atoms with Gasteiger partial charge in [0.2, 0.25) is 17.8 Å². The van der Waals surface area contributed by atoms with E-state index in [4.69, 9.17) is 18.9 Å². The summed E-state index contributed by atoms with van der Waals surface area (Å²) in [5.41, 5.74) is -3.22. The second-order valence-electron chi connectivity index (χ2n) is 22.3. The van der Waals surface area contributed by atoms with Crippen molar-refractivity contribution in [3.8, 4) is 5.75 Å². The van der Waals surface area contributed by atoms with Crippen molar-refractivity contribution in [3.05, 3.63) is 125 Å². The fourth-order valence-corrected chi connectivity index (χ4v) is 15.9. The Balaban J connectivity index is 0.00000657. The smallest absolute Gasteiger partial charge is 0.344 e. The molecule has 6 heterocycles. The average Bonchev–Trinajstić information content (AvgIpc) is 3.39. The molecule has 0 radical (unpaired) electrons. The highest BCUT2D eigenvalue weighted by molar-refractivity contribution is 5.98. The monoisotopic (exact) mass is 1100 g/mol. The van der Waals surface area contributed by atoms with Gasteiger partial charge >= 0.3 is 17.9 Å². The Labute approximate surface area is 453 Å². The van der Waals surface area contributed by atoms with Gasteiger partial charge in [-0.2, -0.15) is 0 Å². The Morgan fingerprint density at radius 2 is 1.63 bits per heavy atom. The van der Waals surface area contributed by atoms with Gasteiger partial charge in [0, 0.05) is 70.9 Å². The molecule has 3 fully saturated rings. The lowest BCUT2D eigenvalue weighted by molar-refractivity contribution is -0.935. The molecule has 5 aromatic rings. The molecule has 76 heavy (non-hydrogen) atoms. The zero-order chi connectivity index (χ0) is 52.9. The Morgan fingerprint density at radius 3 is 2.34 bits per heavy atom. The Kier molecular flexibility index (Phi) is 13.6. The number of halogens is 1. The SMILES string of the molecule is CC[C@]1(O)C[C@@H]2C[C@](C(=O)OC)(c3cc4c(cc3OC)N(C=O)[C@H]3[C@@](O)(C(=O)OC)[C@H](OC(C)=O)[C@]5(CC)C=CCN6CC[C@]43[C@@H]65)c3[nH]c4ccccc4c3CC[N@+](CC(=O)/C=C/c3ccc4ccccc4c3)(C2)C1.[Br-]. The highest BCUT2D eigenvalue weighted by atomic mass is 79.9. The number of hydrogen-bond donors (Lipinski definition) is 3. The number of H-pyrrole nitrogens is 1. The van der Waals surface area contributed by atoms with Crippen LogP contribution in [-0.2, 0) is 55.4 Å². The highest BCUT2D eigenvalue weighted by Crippen LogP contribution is 2.68. The third-order valence-electron chi connectivity index (χ3n) is 18.6. The van der Waals surface area contributed by atoms with Crippen LogP contribution < -0.4 is 26.6 Å². The van der Waals surface area contributed by atoms with E-state index in [2.05, 4.69) is 22.0 Å². The number of fused-ring (bicyclic) bond motifs is 7. The lowest BCUT2D eigenvalue weighted by Crippen LogP contribution is -3.00. The summed E-state index contributed by atoms with van der Waals surface area (Å²) < 4.78 is 24.3. The van der Waals surface area contributed by atoms with E-state index in [0.717, 1.165) is 32.8 Å². The van der Waals surface area contributed by atoms with Gasteiger partial charge in [-0.3, -0.25) is 24.1 Å². The first-order valence-corrected chi connectivity index (χ1v) is 26.4. The number of ketones is 1. The van der Waals surface area contributed by atoms with Crippen molar-refractivity contribution in [1.29, 1.82) is 0 Å². The van der Waals surface area contributed by atoms with E-state index < -0.39 is 63.5 Å². The van der Waals surface area contributed by atoms with Crippen LogP contribution in [0.15, 0.2) is 97.1 Å². The second kappa shape index (κ2) is 19.4. The fraction of sp³-hybridized carbons (Fsp3) is 0.450. The number of amides is 1. The lowest BCUT2D eigenvalue weighted by Gasteiger charge is -2.63. The summed E-state index contributed by atoms with van der Waals surface area (Å²) in [7, 11) is 4.05. The zero-order valence-electron chi connectivity index (χ0n) is 44.0. The van der Waals surface area contributed by atoms with Crippen molar-refractivity contribution >= 4 is 63.5 Å². The molecule has 1 amide bonds. The van der Waals surface area contributed by atoms with Crippen LogP contribution in [0.4, 0.5) is 5.69 Å². The normalized spacial score (nSPS) is 32.2. The summed E-state index contributed by atoms with van der Waals surface area (Å²) in [6.45, 7) is 7.61. The quantitative estimate of drug-likeness (QED) is 0.0414. The first kappa shape index (κ1) is 53.2. The third kappa shape index (κ3) is 7.66. The summed E-state index contributed by atoms with van der Waals surface area (Å²) in [4.78, 5) is 79.5. The van der Waals surface area contributed by atoms with Crippen LogP contribution in [0.1, 0.15) is 80.8 Å². The molecule has 6 aliphatic rings. The number of esters is 3. The largest absolute Gasteiger partial charge is 1.00 e. The Bertz CT molecular complexity index is 3250. The molecule has 1 spiro atoms. The topological polar surface area (TPSA) is 185 Å². The van der Waals surface area contributed by atoms with Crippen molar-refractivity contribution in [3.63, 3.8) is 0 Å². The Hall–Kier alpha value is -6.17. The number of carbonyl (C=O) groups excluding carboxylic acids is 5. The molecule has 4 aromatic carbocycles. The third-order valence-corrected chi connectivity index (χ3v) is 18.6. The van der Waals surface area contributed by atoms with Gasteiger partial charge in [-0.1, -0.05) is 86.7 Å². The molecule has 1 saturated carbocycles. The van der Waals surface area contributed by atoms with E-state index in [-0.39, 0.29) is 51.9 Å². The number of ether oxygens (including phenoxy) is 4. The number of benzene rings is 4. The molecule has 400 valence electrons. The lowest BCUT2D eigenvalue weighted by atomic mass is 9.47. The summed E-state index contributed by atoms with van der Waals surface area (Å²) in [6, 6.07) is 23.9. The molecule has 15 nitrogen and oxygen atoms in total. The number of carbonyl (C=O) groups is 5. The van der Waals surface area contributed by atoms with E-state index >= 15 is 4.79 Å². The fourth-order valence-electron chi connectivity index (χ4n) is 15.9. The van der Waals surface area contributed by atoms with Crippen LogP contribution in [0.25, 0.3) is 27.8 Å². The molecule has 3 N–H and O–H groups in total. The van der Waals surface area contributed by atoms with E-state index in [1.54, 1.807) is 12.1 Å². The predicted molar refractivity (Wildman–Crippen MR) is 282 cm³/mol. The number of aliphatic hydroxyl groups is 2. The molecule has 2 bridgehead atoms. The maximum atomic E-state index is 15.8. The Morgan fingerprint density at radius 1 is 0.882 bits per heavy atom. The van der Waals surface area contributed by atoms with Gasteiger partial charge in [0.1, 0.15) is 29.9 Å². The first-order chi connectivity index (χ1) is 36.0. The van der Waals surface area contributed by atoms with Gasteiger partial charge in [0.25, 0.3) is 0 Å². The van der Waals surface area contributed by atoms with E-state index in [1.807, 2.05) is 92.7 Å². The number of methoxy groups -OCH3 is 3. The summed E-state index contributed by atoms with van der Waals surface area (Å²) in [5, 5.41) is 29.3. The number of rotatable bonds is 12. The molecular weight excluding hydrogens is 1030 g/mol. The number of piperidine rings is 1. The minimum absolute atomic E-state index is 0. The number of aromatic amines is 1. The van der Waals surface area contributed by atoms with Crippen LogP contribution in [0.3, 0.4) is 0 Å². The summed E-state index contributed by atoms with van der Waals surface area (Å²) >= 11 is 0. The van der Waals surface area contributed by atoms with Gasteiger partial charge in [0.15, 0.2) is 6.10 Å². The van der Waals surface area contributed by atoms with E-state index in [0.29, 0.717) is 93.7 Å². The molecule has 0 unspecified atom stereocenters. The van der Waals surface area contributed by atoms with Crippen molar-refractivity contribution in [2.24, 2.45) is 11.3 Å². The minimum atomic E-state index is -2.59. The van der Waals surface area contributed by atoms with Crippen molar-refractivity contribution in [2.75, 3.05) is 65.5 Å². The highest BCUT2D eigenvalue weighted by Gasteiger charge is 2.81. The molecule has 16 heteroatoms. The number of hydrogen-bond acceptors (Lipinski definition) is 12. The number of para-hydroxylation sites is 1. The molecule has 1 aliphatic carbocycles. The first-order valence-electron chi connectivity index (χ1n) is 26.4. The van der Waals surface area contributed by atoms with Gasteiger partial charge in [0.05, 0.1) is 46.1 Å². The predicted octanol–water partition coefficient (Wildman–Crippen LogP) is 3.47. The van der Waals surface area contributed by atoms with Gasteiger partial charge in [-0.25, -0.2) is 4.79 Å². The number of nitrogens with one attached hydrogen (secondary N) is 1. The molecule has 11 rings (SSSR count). The van der Waals surface area contributed by atoms with Crippen LogP contribution in [0, 0.1) is 11.3 Å². The maximum absolute atomic E-state index is 15.8. The molecule has 5 aliphatic heterocycles. The number of quaternary nitrogens is 1. The average molecular weight is 1100 g/mol. The minimum Gasteiger partial charge on any atom is -1.00 e. The molecular formula is C60H67BrN4O11. The molecule has 2 saturated heterocycles. The van der Waals surface area contributed by atoms with Gasteiger partial charge < -0.3 is 60.5 Å². The van der Waals surface area contributed by atoms with E-state index in [1.165, 1.54) is 33.2 Å². The number of nitrogens with zero attached hydrogens (tertiary/aromatic N) is 3. The van der Waals surface area contributed by atoms with Crippen molar-refractivity contribution in [1.82, 2.24) is 9.88 Å². The molecule has 10 atom stereocenters. The standard InChI is InChI=1S/C60H67N4O11.BrH/c1-7-56(70)31-39-32-59(54(68)73-5,50-44(43-16-11-12-17-47(43)61-50)22-27-64(33-39,35-56)34-42(67)21-19-38-18-20-40-14-9-10-15-41(40)28-38)46-29-45-48(30-49(46)72-4)63(36-65)52-58(45)24-26-62-25-13-23-57(8-2,51(58)62)53(75-37(3)66)60(52,71)55(69)74-6;/h9-21,23,28-30,36,39,51-53,61,70-71H,7-8,22,24-27,31-35H2,1-6H3;1H/q+1;/p-1/b21-19+;/t39-,51+,52-,53-,56+,57-,58-,59+,60+,64-;/m1./s1. The molecule has 1 aromatic heterocycles. The van der Waals surface area contributed by atoms with E-state index in [9.17, 15) is 29.4 Å². The van der Waals surface area contributed by atoms with Crippen LogP contribution in [0.5, 0.6) is 5.75 Å². The van der Waals surface area contributed by atoms with Gasteiger partial charge in [-0.15, -0.1) is 0 Å². The number of aromatic nitrogens is 1. The van der Waals surface area contributed by atoms with Gasteiger partial charge in [-0.05, 0) is 90.4 Å². The van der Waals surface area contributed by atoms with Crippen LogP contribution in [0.2, 0.25) is 0 Å². The summed E-state index contributed by atoms with van der Waals surface area (Å²) in [5.74, 6) is -2.53. The van der Waals surface area contributed by atoms with Crippen molar-refractivity contribution in [2.45, 2.75) is 99.5 Å². The second-order valence-corrected chi connectivity index (χ2v) is 22.3. The van der Waals surface area contributed by atoms with Crippen molar-refractivity contribution < 1.29 is 74.6 Å². The van der Waals surface area contributed by atoms with Crippen LogP contribution in [-0.4, -0.2) is 145 Å². The maximum Gasteiger partial charge on any atom is 0.344 e. The summed E-state index contributed by atoms with van der Waals surface area (Å²) in [6.07, 6.45) is 8.62. The van der Waals surface area contributed by atoms with Crippen LogP contribution >= 0.6 is 0 Å². The zero-order valence-corrected chi connectivity index (χ0v) is 45.6. The number of anilines is 1.